The Bertz CT molecular complexity index is 863. The number of aryl methyl sites for hydroxylation is 2. The number of hydrogen-bond donors (Lipinski definition) is 2. The molecule has 0 spiro atoms. The van der Waals surface area contributed by atoms with Crippen LogP contribution in [0.4, 0.5) is 13.2 Å². The van der Waals surface area contributed by atoms with Crippen molar-refractivity contribution in [3.63, 3.8) is 0 Å². The van der Waals surface area contributed by atoms with Crippen LogP contribution in [0.2, 0.25) is 0 Å². The minimum absolute atomic E-state index is 0.00452. The third-order valence-electron chi connectivity index (χ3n) is 3.30. The Kier molecular flexibility index (Phi) is 4.63. The molecule has 0 aliphatic heterocycles. The first kappa shape index (κ1) is 17.5. The fraction of sp³-hybridized carbons (Fsp3) is 0.267. The molecule has 2 N–H and O–H groups in total. The third-order valence-corrected chi connectivity index (χ3v) is 3.30. The summed E-state index contributed by atoms with van der Waals surface area (Å²) in [5.74, 6) is -1.10. The quantitative estimate of drug-likeness (QED) is 0.891. The standard InChI is InChI=1S/C15H13F3N2O4/c1-7-10(5-13(21)22)14(23)20-12(19-7)4-3-9-8(2)24-6-11(9)15(16,17)18/h3-4,6H,5H2,1-2H3,(H,21,22)(H,19,20,23)/b4-3+. The molecule has 0 amide bonds. The van der Waals surface area contributed by atoms with Gasteiger partial charge in [-0.05, 0) is 26.0 Å². The molecule has 2 heterocycles. The third kappa shape index (κ3) is 3.73. The number of carboxylic acid groups (broad SMARTS) is 1. The van der Waals surface area contributed by atoms with Crippen LogP contribution in [0.5, 0.6) is 0 Å². The molecular formula is C15H13F3N2O4. The second-order valence-corrected chi connectivity index (χ2v) is 5.04. The summed E-state index contributed by atoms with van der Waals surface area (Å²) < 4.78 is 43.4. The van der Waals surface area contributed by atoms with Gasteiger partial charge in [-0.15, -0.1) is 0 Å². The first-order valence-corrected chi connectivity index (χ1v) is 6.74. The molecule has 6 nitrogen and oxygen atoms in total. The lowest BCUT2D eigenvalue weighted by molar-refractivity contribution is -0.138. The van der Waals surface area contributed by atoms with Gasteiger partial charge in [0.05, 0.1) is 6.42 Å². The fourth-order valence-corrected chi connectivity index (χ4v) is 2.12. The second kappa shape index (κ2) is 6.34. The van der Waals surface area contributed by atoms with Crippen molar-refractivity contribution in [1.82, 2.24) is 9.97 Å². The molecule has 0 unspecified atom stereocenters. The van der Waals surface area contributed by atoms with E-state index in [4.69, 9.17) is 9.52 Å². The van der Waals surface area contributed by atoms with Crippen molar-refractivity contribution >= 4 is 18.1 Å². The molecule has 2 aromatic heterocycles. The van der Waals surface area contributed by atoms with Crippen LogP contribution in [-0.4, -0.2) is 21.0 Å². The van der Waals surface area contributed by atoms with Crippen LogP contribution < -0.4 is 5.56 Å². The minimum atomic E-state index is -4.57. The Morgan fingerprint density at radius 1 is 1.38 bits per heavy atom. The minimum Gasteiger partial charge on any atom is -0.481 e. The van der Waals surface area contributed by atoms with E-state index in [9.17, 15) is 22.8 Å². The summed E-state index contributed by atoms with van der Waals surface area (Å²) in [7, 11) is 0. The van der Waals surface area contributed by atoms with Crippen LogP contribution in [0.1, 0.15) is 34.0 Å². The van der Waals surface area contributed by atoms with Gasteiger partial charge in [0.15, 0.2) is 0 Å². The number of carbonyl (C=O) groups is 1. The SMILES string of the molecule is Cc1nc(/C=C/c2c(C(F)(F)F)coc2C)[nH]c(=O)c1CC(=O)O. The van der Waals surface area contributed by atoms with Crippen LogP contribution >= 0.6 is 0 Å². The monoisotopic (exact) mass is 342 g/mol. The number of aromatic nitrogens is 2. The highest BCUT2D eigenvalue weighted by molar-refractivity contribution is 5.71. The summed E-state index contributed by atoms with van der Waals surface area (Å²) in [5.41, 5.74) is -1.56. The summed E-state index contributed by atoms with van der Waals surface area (Å²) in [6.07, 6.45) is -2.11. The number of carboxylic acids is 1. The number of halogens is 3. The maximum Gasteiger partial charge on any atom is 0.420 e. The zero-order chi connectivity index (χ0) is 18.1. The average Bonchev–Trinajstić information content (AvgIpc) is 2.81. The topological polar surface area (TPSA) is 96.2 Å². The van der Waals surface area contributed by atoms with Gasteiger partial charge in [-0.1, -0.05) is 0 Å². The number of rotatable bonds is 4. The summed E-state index contributed by atoms with van der Waals surface area (Å²) >= 11 is 0. The maximum atomic E-state index is 12.9. The Balaban J connectivity index is 2.40. The predicted molar refractivity (Wildman–Crippen MR) is 78.3 cm³/mol. The molecule has 0 atom stereocenters. The van der Waals surface area contributed by atoms with Gasteiger partial charge >= 0.3 is 12.1 Å². The summed E-state index contributed by atoms with van der Waals surface area (Å²) in [5, 5.41) is 8.74. The van der Waals surface area contributed by atoms with Crippen LogP contribution in [-0.2, 0) is 17.4 Å². The predicted octanol–water partition coefficient (Wildman–Crippen LogP) is 2.80. The van der Waals surface area contributed by atoms with E-state index in [1.54, 1.807) is 0 Å². The van der Waals surface area contributed by atoms with Crippen molar-refractivity contribution in [2.75, 3.05) is 0 Å². The number of aliphatic carboxylic acids is 1. The molecule has 9 heteroatoms. The van der Waals surface area contributed by atoms with Crippen LogP contribution in [0.25, 0.3) is 12.2 Å². The van der Waals surface area contributed by atoms with Gasteiger partial charge in [-0.3, -0.25) is 9.59 Å². The molecule has 0 radical (unpaired) electrons. The number of H-pyrrole nitrogens is 1. The lowest BCUT2D eigenvalue weighted by atomic mass is 10.1. The Morgan fingerprint density at radius 3 is 2.58 bits per heavy atom. The molecule has 0 saturated carbocycles. The van der Waals surface area contributed by atoms with E-state index < -0.39 is 29.7 Å². The number of aromatic amines is 1. The maximum absolute atomic E-state index is 12.9. The highest BCUT2D eigenvalue weighted by Crippen LogP contribution is 2.35. The Hall–Kier alpha value is -2.84. The van der Waals surface area contributed by atoms with Crippen molar-refractivity contribution < 1.29 is 27.5 Å². The van der Waals surface area contributed by atoms with Crippen molar-refractivity contribution in [3.8, 4) is 0 Å². The number of nitrogens with one attached hydrogen (secondary N) is 1. The van der Waals surface area contributed by atoms with E-state index >= 15 is 0 Å². The van der Waals surface area contributed by atoms with E-state index in [2.05, 4.69) is 9.97 Å². The molecule has 24 heavy (non-hydrogen) atoms. The molecule has 0 aliphatic carbocycles. The molecule has 128 valence electrons. The second-order valence-electron chi connectivity index (χ2n) is 5.04. The van der Waals surface area contributed by atoms with Crippen LogP contribution in [0.3, 0.4) is 0 Å². The van der Waals surface area contributed by atoms with Gasteiger partial charge in [0.2, 0.25) is 0 Å². The molecule has 0 bridgehead atoms. The molecule has 0 aliphatic rings. The van der Waals surface area contributed by atoms with Crippen LogP contribution in [0, 0.1) is 13.8 Å². The van der Waals surface area contributed by atoms with Gasteiger partial charge in [-0.2, -0.15) is 13.2 Å². The molecule has 2 rings (SSSR count). The fourth-order valence-electron chi connectivity index (χ4n) is 2.12. The number of alkyl halides is 3. The molecule has 0 aromatic carbocycles. The van der Waals surface area contributed by atoms with E-state index in [1.165, 1.54) is 19.9 Å². The van der Waals surface area contributed by atoms with E-state index in [-0.39, 0.29) is 28.4 Å². The highest BCUT2D eigenvalue weighted by Gasteiger charge is 2.35. The van der Waals surface area contributed by atoms with Gasteiger partial charge < -0.3 is 14.5 Å². The zero-order valence-corrected chi connectivity index (χ0v) is 12.7. The molecule has 2 aromatic rings. The van der Waals surface area contributed by atoms with Crippen molar-refractivity contribution in [2.24, 2.45) is 0 Å². The van der Waals surface area contributed by atoms with Gasteiger partial charge in [0.1, 0.15) is 23.4 Å². The summed E-state index contributed by atoms with van der Waals surface area (Å²) in [4.78, 5) is 28.9. The van der Waals surface area contributed by atoms with Crippen molar-refractivity contribution in [1.29, 1.82) is 0 Å². The Morgan fingerprint density at radius 2 is 2.04 bits per heavy atom. The van der Waals surface area contributed by atoms with Gasteiger partial charge in [-0.25, -0.2) is 4.98 Å². The molecule has 0 saturated heterocycles. The van der Waals surface area contributed by atoms with Crippen LogP contribution in [0.15, 0.2) is 15.5 Å². The number of nitrogens with zero attached hydrogens (tertiary/aromatic N) is 1. The van der Waals surface area contributed by atoms with E-state index in [0.29, 0.717) is 6.26 Å². The first-order valence-electron chi connectivity index (χ1n) is 6.74. The normalized spacial score (nSPS) is 12.0. The number of furan rings is 1. The molecular weight excluding hydrogens is 329 g/mol. The first-order chi connectivity index (χ1) is 11.1. The summed E-state index contributed by atoms with van der Waals surface area (Å²) in [6.45, 7) is 2.83. The average molecular weight is 342 g/mol. The van der Waals surface area contributed by atoms with Crippen molar-refractivity contribution in [3.05, 3.63) is 50.6 Å². The zero-order valence-electron chi connectivity index (χ0n) is 12.7. The molecule has 0 fully saturated rings. The number of hydrogen-bond acceptors (Lipinski definition) is 4. The van der Waals surface area contributed by atoms with Crippen molar-refractivity contribution in [2.45, 2.75) is 26.4 Å². The van der Waals surface area contributed by atoms with E-state index in [1.807, 2.05) is 0 Å². The lowest BCUT2D eigenvalue weighted by Crippen LogP contribution is -2.20. The van der Waals surface area contributed by atoms with E-state index in [0.717, 1.165) is 6.08 Å². The van der Waals surface area contributed by atoms with Gasteiger partial charge in [0, 0.05) is 16.8 Å². The highest BCUT2D eigenvalue weighted by atomic mass is 19.4. The Labute approximate surface area is 133 Å². The van der Waals surface area contributed by atoms with Gasteiger partial charge in [0.25, 0.3) is 5.56 Å². The lowest BCUT2D eigenvalue weighted by Gasteiger charge is -2.05. The largest absolute Gasteiger partial charge is 0.481 e. The smallest absolute Gasteiger partial charge is 0.420 e. The summed E-state index contributed by atoms with van der Waals surface area (Å²) in [6, 6.07) is 0.